The van der Waals surface area contributed by atoms with Crippen LogP contribution in [0.3, 0.4) is 0 Å². The standard InChI is InChI=1S/C18H19Cl2N3O/c19-15-5-2-6-16(20)17(15)18(24)23-9-7-22(8-10-23)12-13-3-1-4-14(21)11-13/h1-6,11H,7-10,12,21H2. The summed E-state index contributed by atoms with van der Waals surface area (Å²) in [5, 5.41) is 0.796. The van der Waals surface area contributed by atoms with Gasteiger partial charge in [-0.2, -0.15) is 0 Å². The first kappa shape index (κ1) is 17.1. The van der Waals surface area contributed by atoms with Crippen LogP contribution in [0.2, 0.25) is 10.0 Å². The predicted molar refractivity (Wildman–Crippen MR) is 98.5 cm³/mol. The van der Waals surface area contributed by atoms with Gasteiger partial charge in [-0.25, -0.2) is 0 Å². The van der Waals surface area contributed by atoms with E-state index in [4.69, 9.17) is 28.9 Å². The largest absolute Gasteiger partial charge is 0.399 e. The predicted octanol–water partition coefficient (Wildman–Crippen LogP) is 3.53. The smallest absolute Gasteiger partial charge is 0.256 e. The highest BCUT2D eigenvalue weighted by Crippen LogP contribution is 2.26. The third-order valence-corrected chi connectivity index (χ3v) is 4.82. The second-order valence-corrected chi connectivity index (χ2v) is 6.72. The minimum Gasteiger partial charge on any atom is -0.399 e. The lowest BCUT2D eigenvalue weighted by Crippen LogP contribution is -2.48. The van der Waals surface area contributed by atoms with Gasteiger partial charge in [0.05, 0.1) is 15.6 Å². The van der Waals surface area contributed by atoms with Gasteiger partial charge in [0.2, 0.25) is 0 Å². The fourth-order valence-corrected chi connectivity index (χ4v) is 3.48. The summed E-state index contributed by atoms with van der Waals surface area (Å²) < 4.78 is 0. The third kappa shape index (κ3) is 3.83. The molecule has 4 nitrogen and oxygen atoms in total. The number of halogens is 2. The molecule has 1 aliphatic rings. The summed E-state index contributed by atoms with van der Waals surface area (Å²) in [4.78, 5) is 16.8. The van der Waals surface area contributed by atoms with Crippen LogP contribution in [-0.2, 0) is 6.54 Å². The van der Waals surface area contributed by atoms with Gasteiger partial charge in [-0.3, -0.25) is 9.69 Å². The first-order chi connectivity index (χ1) is 11.5. The number of hydrogen-bond acceptors (Lipinski definition) is 3. The summed E-state index contributed by atoms with van der Waals surface area (Å²) in [6.45, 7) is 3.76. The zero-order valence-electron chi connectivity index (χ0n) is 13.2. The summed E-state index contributed by atoms with van der Waals surface area (Å²) >= 11 is 12.3. The highest BCUT2D eigenvalue weighted by molar-refractivity contribution is 6.39. The van der Waals surface area contributed by atoms with Gasteiger partial charge < -0.3 is 10.6 Å². The molecule has 1 fully saturated rings. The van der Waals surface area contributed by atoms with E-state index in [1.165, 1.54) is 5.56 Å². The minimum absolute atomic E-state index is 0.103. The summed E-state index contributed by atoms with van der Waals surface area (Å²) in [5.74, 6) is -0.103. The number of anilines is 1. The number of nitrogens with zero attached hydrogens (tertiary/aromatic N) is 2. The van der Waals surface area contributed by atoms with Crippen LogP contribution in [-0.4, -0.2) is 41.9 Å². The molecule has 0 bridgehead atoms. The second kappa shape index (κ2) is 7.43. The van der Waals surface area contributed by atoms with Crippen LogP contribution in [0.15, 0.2) is 42.5 Å². The van der Waals surface area contributed by atoms with Gasteiger partial charge in [0, 0.05) is 38.4 Å². The van der Waals surface area contributed by atoms with Crippen LogP contribution < -0.4 is 5.73 Å². The molecule has 0 unspecified atom stereocenters. The summed E-state index contributed by atoms with van der Waals surface area (Å²) in [5.41, 5.74) is 8.17. The quantitative estimate of drug-likeness (QED) is 0.848. The Bertz CT molecular complexity index is 723. The normalized spacial score (nSPS) is 15.5. The van der Waals surface area contributed by atoms with E-state index in [9.17, 15) is 4.79 Å². The monoisotopic (exact) mass is 363 g/mol. The molecule has 24 heavy (non-hydrogen) atoms. The Morgan fingerprint density at radius 2 is 1.62 bits per heavy atom. The molecule has 0 atom stereocenters. The number of carbonyl (C=O) groups is 1. The summed E-state index contributed by atoms with van der Waals surface area (Å²) in [7, 11) is 0. The SMILES string of the molecule is Nc1cccc(CN2CCN(C(=O)c3c(Cl)cccc3Cl)CC2)c1. The molecule has 0 aliphatic carbocycles. The minimum atomic E-state index is -0.103. The van der Waals surface area contributed by atoms with Gasteiger partial charge in [-0.15, -0.1) is 0 Å². The number of carbonyl (C=O) groups excluding carboxylic acids is 1. The molecular formula is C18H19Cl2N3O. The Hall–Kier alpha value is -1.75. The van der Waals surface area contributed by atoms with Gasteiger partial charge in [-0.05, 0) is 29.8 Å². The molecule has 0 aromatic heterocycles. The molecule has 2 aromatic carbocycles. The number of nitrogen functional groups attached to an aromatic ring is 1. The average molecular weight is 364 g/mol. The van der Waals surface area contributed by atoms with Crippen LogP contribution in [0.25, 0.3) is 0 Å². The van der Waals surface area contributed by atoms with E-state index in [1.807, 2.05) is 23.1 Å². The molecule has 0 radical (unpaired) electrons. The number of benzene rings is 2. The van der Waals surface area contributed by atoms with E-state index in [2.05, 4.69) is 11.0 Å². The van der Waals surface area contributed by atoms with E-state index in [-0.39, 0.29) is 5.91 Å². The first-order valence-electron chi connectivity index (χ1n) is 7.84. The van der Waals surface area contributed by atoms with E-state index < -0.39 is 0 Å². The van der Waals surface area contributed by atoms with Crippen LogP contribution in [0, 0.1) is 0 Å². The maximum absolute atomic E-state index is 12.7. The van der Waals surface area contributed by atoms with Crippen molar-refractivity contribution >= 4 is 34.8 Å². The van der Waals surface area contributed by atoms with E-state index >= 15 is 0 Å². The van der Waals surface area contributed by atoms with Crippen LogP contribution in [0.1, 0.15) is 15.9 Å². The van der Waals surface area contributed by atoms with Crippen molar-refractivity contribution in [2.24, 2.45) is 0 Å². The first-order valence-corrected chi connectivity index (χ1v) is 8.60. The van der Waals surface area contributed by atoms with Crippen LogP contribution in [0.5, 0.6) is 0 Å². The van der Waals surface area contributed by atoms with Crippen molar-refractivity contribution in [1.29, 1.82) is 0 Å². The lowest BCUT2D eigenvalue weighted by Gasteiger charge is -2.35. The second-order valence-electron chi connectivity index (χ2n) is 5.91. The Labute approximate surface area is 151 Å². The van der Waals surface area contributed by atoms with Gasteiger partial charge in [0.25, 0.3) is 5.91 Å². The number of hydrogen-bond donors (Lipinski definition) is 1. The van der Waals surface area contributed by atoms with E-state index in [0.29, 0.717) is 28.7 Å². The maximum Gasteiger partial charge on any atom is 0.256 e. The zero-order valence-corrected chi connectivity index (χ0v) is 14.7. The lowest BCUT2D eigenvalue weighted by molar-refractivity contribution is 0.0629. The molecule has 2 aromatic rings. The molecule has 1 aliphatic heterocycles. The number of piperazine rings is 1. The molecule has 0 saturated carbocycles. The van der Waals surface area contributed by atoms with Crippen molar-refractivity contribution in [3.05, 3.63) is 63.6 Å². The number of amides is 1. The van der Waals surface area contributed by atoms with E-state index in [1.54, 1.807) is 18.2 Å². The average Bonchev–Trinajstić information content (AvgIpc) is 2.55. The molecular weight excluding hydrogens is 345 g/mol. The highest BCUT2D eigenvalue weighted by atomic mass is 35.5. The van der Waals surface area contributed by atoms with Crippen molar-refractivity contribution in [1.82, 2.24) is 9.80 Å². The Kier molecular flexibility index (Phi) is 5.29. The van der Waals surface area contributed by atoms with Gasteiger partial charge >= 0.3 is 0 Å². The van der Waals surface area contributed by atoms with Crippen molar-refractivity contribution in [3.63, 3.8) is 0 Å². The van der Waals surface area contributed by atoms with E-state index in [0.717, 1.165) is 25.3 Å². The fourth-order valence-electron chi connectivity index (χ4n) is 2.92. The van der Waals surface area contributed by atoms with Crippen LogP contribution >= 0.6 is 23.2 Å². The van der Waals surface area contributed by atoms with Gasteiger partial charge in [0.15, 0.2) is 0 Å². The molecule has 1 heterocycles. The van der Waals surface area contributed by atoms with Crippen molar-refractivity contribution in [2.75, 3.05) is 31.9 Å². The zero-order chi connectivity index (χ0) is 17.1. The van der Waals surface area contributed by atoms with Gasteiger partial charge in [0.1, 0.15) is 0 Å². The fraction of sp³-hybridized carbons (Fsp3) is 0.278. The molecule has 1 amide bonds. The number of rotatable bonds is 3. The third-order valence-electron chi connectivity index (χ3n) is 4.19. The molecule has 2 N–H and O–H groups in total. The molecule has 0 spiro atoms. The molecule has 6 heteroatoms. The highest BCUT2D eigenvalue weighted by Gasteiger charge is 2.25. The summed E-state index contributed by atoms with van der Waals surface area (Å²) in [6.07, 6.45) is 0. The van der Waals surface area contributed by atoms with Crippen LogP contribution in [0.4, 0.5) is 5.69 Å². The Morgan fingerprint density at radius 3 is 2.25 bits per heavy atom. The van der Waals surface area contributed by atoms with Crippen molar-refractivity contribution in [3.8, 4) is 0 Å². The Morgan fingerprint density at radius 1 is 1.00 bits per heavy atom. The lowest BCUT2D eigenvalue weighted by atomic mass is 10.1. The summed E-state index contributed by atoms with van der Waals surface area (Å²) in [6, 6.07) is 13.0. The molecule has 1 saturated heterocycles. The van der Waals surface area contributed by atoms with Gasteiger partial charge in [-0.1, -0.05) is 41.4 Å². The Balaban J connectivity index is 1.62. The topological polar surface area (TPSA) is 49.6 Å². The number of nitrogens with two attached hydrogens (primary N) is 1. The van der Waals surface area contributed by atoms with Crippen molar-refractivity contribution < 1.29 is 4.79 Å². The molecule has 3 rings (SSSR count). The maximum atomic E-state index is 12.7. The van der Waals surface area contributed by atoms with Crippen molar-refractivity contribution in [2.45, 2.75) is 6.54 Å². The molecule has 126 valence electrons.